The zero-order chi connectivity index (χ0) is 17.2. The molecule has 1 saturated heterocycles. The van der Waals surface area contributed by atoms with Gasteiger partial charge < -0.3 is 4.74 Å². The molecular weight excluding hydrogens is 320 g/mol. The third-order valence-corrected chi connectivity index (χ3v) is 5.50. The first kappa shape index (κ1) is 17.4. The van der Waals surface area contributed by atoms with Crippen molar-refractivity contribution >= 4 is 21.7 Å². The highest BCUT2D eigenvalue weighted by Gasteiger charge is 2.36. The van der Waals surface area contributed by atoms with Crippen molar-refractivity contribution in [3.05, 3.63) is 35.4 Å². The van der Waals surface area contributed by atoms with Crippen molar-refractivity contribution in [1.29, 1.82) is 0 Å². The molecule has 0 aliphatic carbocycles. The van der Waals surface area contributed by atoms with E-state index in [1.165, 1.54) is 36.4 Å². The number of rotatable bonds is 4. The van der Waals surface area contributed by atoms with E-state index < -0.39 is 15.8 Å². The average molecular weight is 340 g/mol. The number of benzene rings is 1. The van der Waals surface area contributed by atoms with Crippen LogP contribution in [0.15, 0.2) is 24.3 Å². The monoisotopic (exact) mass is 340 g/mol. The van der Waals surface area contributed by atoms with E-state index in [9.17, 15) is 18.0 Å². The molecule has 7 nitrogen and oxygen atoms in total. The average Bonchev–Trinajstić information content (AvgIpc) is 2.86. The minimum Gasteiger partial charge on any atom is -0.465 e. The minimum atomic E-state index is -3.09. The minimum absolute atomic E-state index is 0.0306. The van der Waals surface area contributed by atoms with Crippen molar-refractivity contribution in [2.24, 2.45) is 0 Å². The van der Waals surface area contributed by atoms with Gasteiger partial charge in [-0.1, -0.05) is 0 Å². The lowest BCUT2D eigenvalue weighted by Gasteiger charge is -2.33. The highest BCUT2D eigenvalue weighted by Crippen LogP contribution is 2.21. The fourth-order valence-electron chi connectivity index (χ4n) is 2.64. The first-order valence-corrected chi connectivity index (χ1v) is 8.97. The maximum Gasteiger partial charge on any atom is 0.337 e. The summed E-state index contributed by atoms with van der Waals surface area (Å²) >= 11 is 0. The molecule has 1 fully saturated rings. The second kappa shape index (κ2) is 6.67. The number of carbonyl (C=O) groups is 2. The predicted molar refractivity (Wildman–Crippen MR) is 84.7 cm³/mol. The summed E-state index contributed by atoms with van der Waals surface area (Å²) in [5.41, 5.74) is 0.736. The number of sulfone groups is 1. The topological polar surface area (TPSA) is 84.0 Å². The van der Waals surface area contributed by atoms with E-state index in [1.807, 2.05) is 0 Å². The molecule has 0 N–H and O–H groups in total. The molecular formula is C15H20N2O5S. The van der Waals surface area contributed by atoms with Crippen LogP contribution in [0.4, 0.5) is 0 Å². The third kappa shape index (κ3) is 3.89. The lowest BCUT2D eigenvalue weighted by atomic mass is 10.1. The van der Waals surface area contributed by atoms with Crippen molar-refractivity contribution in [2.75, 3.05) is 32.7 Å². The Morgan fingerprint density at radius 2 is 1.70 bits per heavy atom. The lowest BCUT2D eigenvalue weighted by molar-refractivity contribution is 0.000990. The highest BCUT2D eigenvalue weighted by molar-refractivity contribution is 7.91. The van der Waals surface area contributed by atoms with Gasteiger partial charge in [0.1, 0.15) is 0 Å². The van der Waals surface area contributed by atoms with E-state index in [1.54, 1.807) is 19.1 Å². The molecule has 0 saturated carbocycles. The molecule has 0 aromatic heterocycles. The summed E-state index contributed by atoms with van der Waals surface area (Å²) in [4.78, 5) is 24.1. The summed E-state index contributed by atoms with van der Waals surface area (Å²) in [5.74, 6) is -0.711. The van der Waals surface area contributed by atoms with Crippen molar-refractivity contribution in [2.45, 2.75) is 12.5 Å². The zero-order valence-electron chi connectivity index (χ0n) is 13.4. The number of esters is 1. The molecule has 0 spiro atoms. The van der Waals surface area contributed by atoms with Gasteiger partial charge in [-0.2, -0.15) is 0 Å². The largest absolute Gasteiger partial charge is 0.465 e. The molecule has 1 heterocycles. The maximum absolute atomic E-state index is 12.7. The second-order valence-electron chi connectivity index (χ2n) is 5.62. The summed E-state index contributed by atoms with van der Waals surface area (Å²) < 4.78 is 28.0. The van der Waals surface area contributed by atoms with E-state index in [2.05, 4.69) is 4.74 Å². The molecule has 2 rings (SSSR count). The van der Waals surface area contributed by atoms with Gasteiger partial charge in [-0.25, -0.2) is 18.2 Å². The Hall–Kier alpha value is -1.93. The first-order valence-electron chi connectivity index (χ1n) is 7.15. The summed E-state index contributed by atoms with van der Waals surface area (Å²) in [5, 5.41) is 3.06. The van der Waals surface area contributed by atoms with Crippen LogP contribution in [0.25, 0.3) is 0 Å². The maximum atomic E-state index is 12.7. The molecule has 1 atom stereocenters. The van der Waals surface area contributed by atoms with Crippen LogP contribution in [0.1, 0.15) is 27.1 Å². The quantitative estimate of drug-likeness (QED) is 0.589. The molecule has 1 aliphatic rings. The van der Waals surface area contributed by atoms with Gasteiger partial charge in [-0.05, 0) is 30.7 Å². The number of hydrogen-bond acceptors (Lipinski definition) is 6. The van der Waals surface area contributed by atoms with Crippen molar-refractivity contribution in [3.8, 4) is 0 Å². The molecule has 8 heteroatoms. The van der Waals surface area contributed by atoms with Crippen LogP contribution in [0, 0.1) is 0 Å². The van der Waals surface area contributed by atoms with Gasteiger partial charge in [0.2, 0.25) is 0 Å². The summed E-state index contributed by atoms with van der Waals surface area (Å²) in [6.45, 7) is 0. The fraction of sp³-hybridized carbons (Fsp3) is 0.467. The van der Waals surface area contributed by atoms with E-state index in [4.69, 9.17) is 0 Å². The van der Waals surface area contributed by atoms with Crippen LogP contribution >= 0.6 is 0 Å². The highest BCUT2D eigenvalue weighted by atomic mass is 32.2. The zero-order valence-corrected chi connectivity index (χ0v) is 14.2. The normalized spacial score (nSPS) is 19.6. The SMILES string of the molecule is COC(=O)c1ccc(C(=O)N([C@@H]2CCS(=O)(=O)C2)N(C)C)cc1. The molecule has 23 heavy (non-hydrogen) atoms. The van der Waals surface area contributed by atoms with E-state index in [0.29, 0.717) is 17.5 Å². The Balaban J connectivity index is 2.23. The van der Waals surface area contributed by atoms with Gasteiger partial charge >= 0.3 is 5.97 Å². The Morgan fingerprint density at radius 1 is 1.13 bits per heavy atom. The van der Waals surface area contributed by atoms with E-state index >= 15 is 0 Å². The van der Waals surface area contributed by atoms with Gasteiger partial charge in [0.25, 0.3) is 5.91 Å². The van der Waals surface area contributed by atoms with Gasteiger partial charge in [-0.3, -0.25) is 9.80 Å². The number of carbonyl (C=O) groups excluding carboxylic acids is 2. The number of hydrazine groups is 1. The van der Waals surface area contributed by atoms with Gasteiger partial charge in [0.15, 0.2) is 9.84 Å². The molecule has 1 aliphatic heterocycles. The summed E-state index contributed by atoms with van der Waals surface area (Å²) in [6.07, 6.45) is 0.423. The number of ether oxygens (including phenoxy) is 1. The standard InChI is InChI=1S/C15H20N2O5S/c1-16(2)17(13-8-9-23(20,21)10-13)14(18)11-4-6-12(7-5-11)15(19)22-3/h4-7,13H,8-10H2,1-3H3/t13-/m1/s1. The molecule has 0 radical (unpaired) electrons. The number of methoxy groups -OCH3 is 1. The Bertz CT molecular complexity index is 697. The number of amides is 1. The molecule has 1 aromatic carbocycles. The second-order valence-corrected chi connectivity index (χ2v) is 7.85. The van der Waals surface area contributed by atoms with E-state index in [0.717, 1.165) is 0 Å². The van der Waals surface area contributed by atoms with Crippen molar-refractivity contribution in [1.82, 2.24) is 10.0 Å². The van der Waals surface area contributed by atoms with Crippen LogP contribution < -0.4 is 0 Å². The van der Waals surface area contributed by atoms with Gasteiger partial charge in [-0.15, -0.1) is 0 Å². The van der Waals surface area contributed by atoms with Crippen LogP contribution in [-0.2, 0) is 14.6 Å². The number of hydrogen-bond donors (Lipinski definition) is 0. The molecule has 126 valence electrons. The van der Waals surface area contributed by atoms with Gasteiger partial charge in [0.05, 0.1) is 30.2 Å². The molecule has 1 amide bonds. The van der Waals surface area contributed by atoms with Crippen LogP contribution in [-0.4, -0.2) is 69.1 Å². The van der Waals surface area contributed by atoms with Crippen LogP contribution in [0.2, 0.25) is 0 Å². The van der Waals surface area contributed by atoms with Gasteiger partial charge in [0, 0.05) is 19.7 Å². The van der Waals surface area contributed by atoms with Crippen molar-refractivity contribution in [3.63, 3.8) is 0 Å². The Kier molecular flexibility index (Phi) is 5.06. The van der Waals surface area contributed by atoms with Crippen molar-refractivity contribution < 1.29 is 22.7 Å². The smallest absolute Gasteiger partial charge is 0.337 e. The lowest BCUT2D eigenvalue weighted by Crippen LogP contribution is -2.49. The molecule has 0 unspecified atom stereocenters. The fourth-order valence-corrected chi connectivity index (χ4v) is 4.33. The van der Waals surface area contributed by atoms with Crippen LogP contribution in [0.5, 0.6) is 0 Å². The number of nitrogens with zero attached hydrogens (tertiary/aromatic N) is 2. The van der Waals surface area contributed by atoms with Crippen LogP contribution in [0.3, 0.4) is 0 Å². The Labute approximate surface area is 135 Å². The molecule has 1 aromatic rings. The predicted octanol–water partition coefficient (Wildman–Crippen LogP) is 0.579. The third-order valence-electron chi connectivity index (χ3n) is 3.75. The Morgan fingerprint density at radius 3 is 2.13 bits per heavy atom. The summed E-state index contributed by atoms with van der Waals surface area (Å²) in [7, 11) is 1.59. The first-order chi connectivity index (χ1) is 10.7. The van der Waals surface area contributed by atoms with E-state index in [-0.39, 0.29) is 23.5 Å². The molecule has 0 bridgehead atoms. The summed E-state index contributed by atoms with van der Waals surface area (Å²) in [6, 6.07) is 5.72.